The first-order chi connectivity index (χ1) is 14.2. The molecule has 3 aromatic rings. The molecule has 0 saturated carbocycles. The van der Waals surface area contributed by atoms with Crippen molar-refractivity contribution in [1.29, 1.82) is 0 Å². The number of aryl methyl sites for hydroxylation is 1. The Hall–Kier alpha value is -2.91. The van der Waals surface area contributed by atoms with Crippen LogP contribution in [0.1, 0.15) is 12.5 Å². The van der Waals surface area contributed by atoms with Gasteiger partial charge in [0.15, 0.2) is 6.10 Å². The van der Waals surface area contributed by atoms with Gasteiger partial charge in [-0.25, -0.2) is 12.8 Å². The molecule has 2 aromatic carbocycles. The third-order valence-corrected chi connectivity index (χ3v) is 7.59. The van der Waals surface area contributed by atoms with Gasteiger partial charge in [0.05, 0.1) is 5.69 Å². The van der Waals surface area contributed by atoms with Gasteiger partial charge in [0.1, 0.15) is 15.8 Å². The van der Waals surface area contributed by atoms with Gasteiger partial charge in [0, 0.05) is 12.7 Å². The van der Waals surface area contributed by atoms with E-state index in [0.717, 1.165) is 11.3 Å². The number of amides is 1. The summed E-state index contributed by atoms with van der Waals surface area (Å²) in [6.07, 6.45) is -0.840. The van der Waals surface area contributed by atoms with Gasteiger partial charge in [-0.15, -0.1) is 11.3 Å². The Bertz CT molecular complexity index is 1130. The van der Waals surface area contributed by atoms with E-state index in [0.29, 0.717) is 22.7 Å². The number of ether oxygens (including phenoxy) is 1. The minimum atomic E-state index is -3.62. The Labute approximate surface area is 179 Å². The molecular formula is C21H21FN2O4S2. The molecule has 6 nitrogen and oxygen atoms in total. The van der Waals surface area contributed by atoms with Gasteiger partial charge in [-0.3, -0.25) is 9.10 Å². The highest BCUT2D eigenvalue weighted by atomic mass is 32.2. The first kappa shape index (κ1) is 21.8. The van der Waals surface area contributed by atoms with Crippen LogP contribution in [-0.4, -0.2) is 27.5 Å². The van der Waals surface area contributed by atoms with Crippen molar-refractivity contribution in [2.75, 3.05) is 16.7 Å². The van der Waals surface area contributed by atoms with E-state index in [1.54, 1.807) is 67.8 Å². The molecule has 0 fully saturated rings. The van der Waals surface area contributed by atoms with E-state index in [1.165, 1.54) is 17.4 Å². The van der Waals surface area contributed by atoms with Crippen molar-refractivity contribution < 1.29 is 22.3 Å². The summed E-state index contributed by atoms with van der Waals surface area (Å²) in [4.78, 5) is 12.3. The predicted octanol–water partition coefficient (Wildman–Crippen LogP) is 4.43. The minimum absolute atomic E-state index is 0.253. The molecule has 1 amide bonds. The number of carbonyl (C=O) groups is 1. The predicted molar refractivity (Wildman–Crippen MR) is 116 cm³/mol. The molecule has 1 N–H and O–H groups in total. The van der Waals surface area contributed by atoms with Crippen LogP contribution >= 0.6 is 11.3 Å². The van der Waals surface area contributed by atoms with Crippen LogP contribution in [0.5, 0.6) is 5.75 Å². The summed E-state index contributed by atoms with van der Waals surface area (Å²) < 4.78 is 45.9. The van der Waals surface area contributed by atoms with Crippen molar-refractivity contribution in [1.82, 2.24) is 0 Å². The lowest BCUT2D eigenvalue weighted by molar-refractivity contribution is -0.122. The molecule has 0 saturated heterocycles. The summed E-state index contributed by atoms with van der Waals surface area (Å²) in [5.74, 6) is -0.434. The molecule has 1 atom stereocenters. The maximum atomic E-state index is 13.6. The molecule has 158 valence electrons. The number of nitrogens with one attached hydrogen (secondary N) is 1. The molecule has 0 unspecified atom stereocenters. The van der Waals surface area contributed by atoms with E-state index >= 15 is 0 Å². The van der Waals surface area contributed by atoms with Crippen LogP contribution in [0.15, 0.2) is 64.2 Å². The molecule has 1 heterocycles. The molecule has 0 spiro atoms. The Morgan fingerprint density at radius 1 is 1.17 bits per heavy atom. The van der Waals surface area contributed by atoms with Crippen LogP contribution in [0, 0.1) is 12.7 Å². The molecule has 0 aliphatic rings. The van der Waals surface area contributed by atoms with Gasteiger partial charge in [-0.1, -0.05) is 12.1 Å². The van der Waals surface area contributed by atoms with E-state index in [9.17, 15) is 17.6 Å². The molecule has 0 radical (unpaired) electrons. The Morgan fingerprint density at radius 2 is 1.87 bits per heavy atom. The van der Waals surface area contributed by atoms with Crippen LogP contribution in [0.4, 0.5) is 15.8 Å². The molecule has 9 heteroatoms. The first-order valence-electron chi connectivity index (χ1n) is 9.04. The zero-order chi connectivity index (χ0) is 21.9. The average Bonchev–Trinajstić information content (AvgIpc) is 3.26. The van der Waals surface area contributed by atoms with Gasteiger partial charge in [0.25, 0.3) is 15.9 Å². The lowest BCUT2D eigenvalue weighted by atomic mass is 10.2. The van der Waals surface area contributed by atoms with Crippen molar-refractivity contribution in [2.45, 2.75) is 24.2 Å². The van der Waals surface area contributed by atoms with Crippen molar-refractivity contribution in [3.05, 3.63) is 71.4 Å². The highest BCUT2D eigenvalue weighted by Gasteiger charge is 2.22. The summed E-state index contributed by atoms with van der Waals surface area (Å²) in [7, 11) is -2.15. The van der Waals surface area contributed by atoms with Crippen LogP contribution in [0.25, 0.3) is 0 Å². The molecule has 0 aliphatic heterocycles. The molecule has 0 bridgehead atoms. The normalized spacial score (nSPS) is 12.3. The van der Waals surface area contributed by atoms with E-state index in [-0.39, 0.29) is 4.21 Å². The lowest BCUT2D eigenvalue weighted by Gasteiger charge is -2.19. The zero-order valence-corrected chi connectivity index (χ0v) is 18.3. The van der Waals surface area contributed by atoms with E-state index in [2.05, 4.69) is 5.32 Å². The monoisotopic (exact) mass is 448 g/mol. The fourth-order valence-corrected chi connectivity index (χ4v) is 4.95. The van der Waals surface area contributed by atoms with Gasteiger partial charge in [-0.2, -0.15) is 0 Å². The highest BCUT2D eigenvalue weighted by Crippen LogP contribution is 2.27. The fraction of sp³-hybridized carbons (Fsp3) is 0.190. The molecule has 1 aromatic heterocycles. The SMILES string of the molecule is Cc1ccc(NC(=O)[C@@H](C)Oc2ccc(N(C)S(=O)(=O)c3cccs3)cc2)cc1F. The van der Waals surface area contributed by atoms with E-state index < -0.39 is 27.9 Å². The second kappa shape index (κ2) is 8.85. The van der Waals surface area contributed by atoms with Crippen molar-refractivity contribution in [3.8, 4) is 5.75 Å². The second-order valence-corrected chi connectivity index (χ2v) is 9.76. The van der Waals surface area contributed by atoms with E-state index in [1.807, 2.05) is 0 Å². The van der Waals surface area contributed by atoms with Crippen molar-refractivity contribution in [3.63, 3.8) is 0 Å². The largest absolute Gasteiger partial charge is 0.481 e. The average molecular weight is 449 g/mol. The Morgan fingerprint density at radius 3 is 2.47 bits per heavy atom. The highest BCUT2D eigenvalue weighted by molar-refractivity contribution is 7.94. The minimum Gasteiger partial charge on any atom is -0.481 e. The number of carbonyl (C=O) groups excluding carboxylic acids is 1. The third kappa shape index (κ3) is 4.80. The quantitative estimate of drug-likeness (QED) is 0.580. The summed E-state index contributed by atoms with van der Waals surface area (Å²) >= 11 is 1.15. The zero-order valence-electron chi connectivity index (χ0n) is 16.6. The number of benzene rings is 2. The third-order valence-electron chi connectivity index (χ3n) is 4.43. The van der Waals surface area contributed by atoms with Gasteiger partial charge in [0.2, 0.25) is 0 Å². The first-order valence-corrected chi connectivity index (χ1v) is 11.4. The van der Waals surface area contributed by atoms with Crippen molar-refractivity contribution >= 4 is 38.6 Å². The molecule has 3 rings (SSSR count). The summed E-state index contributed by atoms with van der Waals surface area (Å²) in [6.45, 7) is 3.21. The maximum absolute atomic E-state index is 13.6. The lowest BCUT2D eigenvalue weighted by Crippen LogP contribution is -2.30. The fourth-order valence-electron chi connectivity index (χ4n) is 2.59. The second-order valence-electron chi connectivity index (χ2n) is 6.61. The topological polar surface area (TPSA) is 75.7 Å². The maximum Gasteiger partial charge on any atom is 0.273 e. The summed E-state index contributed by atoms with van der Waals surface area (Å²) in [6, 6.07) is 14.0. The Kier molecular flexibility index (Phi) is 6.42. The van der Waals surface area contributed by atoms with Crippen LogP contribution in [-0.2, 0) is 14.8 Å². The van der Waals surface area contributed by atoms with Crippen LogP contribution in [0.3, 0.4) is 0 Å². The number of anilines is 2. The molecule has 0 aliphatic carbocycles. The molecule has 30 heavy (non-hydrogen) atoms. The standard InChI is InChI=1S/C21H21FN2O4S2/c1-14-6-7-16(13-19(14)22)23-21(25)15(2)28-18-10-8-17(9-11-18)24(3)30(26,27)20-5-4-12-29-20/h4-13,15H,1-3H3,(H,23,25)/t15-/m1/s1. The van der Waals surface area contributed by atoms with Crippen LogP contribution in [0.2, 0.25) is 0 Å². The number of sulfonamides is 1. The van der Waals surface area contributed by atoms with Crippen LogP contribution < -0.4 is 14.4 Å². The number of hydrogen-bond acceptors (Lipinski definition) is 5. The molecular weight excluding hydrogens is 427 g/mol. The van der Waals surface area contributed by atoms with Gasteiger partial charge < -0.3 is 10.1 Å². The number of halogens is 1. The number of hydrogen-bond donors (Lipinski definition) is 1. The summed E-state index contributed by atoms with van der Waals surface area (Å²) in [5, 5.41) is 4.31. The number of rotatable bonds is 7. The number of nitrogens with zero attached hydrogens (tertiary/aromatic N) is 1. The van der Waals surface area contributed by atoms with Gasteiger partial charge in [-0.05, 0) is 67.3 Å². The summed E-state index contributed by atoms with van der Waals surface area (Å²) in [5.41, 5.74) is 1.29. The number of thiophene rings is 1. The van der Waals surface area contributed by atoms with Gasteiger partial charge >= 0.3 is 0 Å². The van der Waals surface area contributed by atoms with Crippen molar-refractivity contribution in [2.24, 2.45) is 0 Å². The van der Waals surface area contributed by atoms with E-state index in [4.69, 9.17) is 4.74 Å². The Balaban J connectivity index is 1.64. The smallest absolute Gasteiger partial charge is 0.273 e.